The first kappa shape index (κ1) is 12.3. The van der Waals surface area contributed by atoms with Gasteiger partial charge in [-0.05, 0) is 35.2 Å². The Bertz CT molecular complexity index is 488. The van der Waals surface area contributed by atoms with Crippen molar-refractivity contribution in [2.24, 2.45) is 5.73 Å². The Balaban J connectivity index is 1.66. The normalized spacial score (nSPS) is 15.4. The van der Waals surface area contributed by atoms with Crippen LogP contribution in [0.25, 0.3) is 0 Å². The van der Waals surface area contributed by atoms with Crippen LogP contribution < -0.4 is 5.73 Å². The van der Waals surface area contributed by atoms with Crippen LogP contribution in [0.1, 0.15) is 29.1 Å². The van der Waals surface area contributed by atoms with Gasteiger partial charge in [0.1, 0.15) is 5.01 Å². The molecule has 2 N–H and O–H groups in total. The molecule has 18 heavy (non-hydrogen) atoms. The number of aromatic nitrogens is 1. The van der Waals surface area contributed by atoms with Gasteiger partial charge in [0.15, 0.2) is 0 Å². The minimum atomic E-state index is 0.554. The fourth-order valence-corrected chi connectivity index (χ4v) is 3.42. The van der Waals surface area contributed by atoms with Gasteiger partial charge < -0.3 is 5.73 Å². The Morgan fingerprint density at radius 2 is 2.22 bits per heavy atom. The smallest absolute Gasteiger partial charge is 0.106 e. The zero-order chi connectivity index (χ0) is 12.4. The van der Waals surface area contributed by atoms with Crippen LogP contribution >= 0.6 is 22.7 Å². The van der Waals surface area contributed by atoms with E-state index in [2.05, 4.69) is 32.1 Å². The van der Waals surface area contributed by atoms with E-state index in [1.807, 2.05) is 0 Å². The molecule has 1 fully saturated rings. The summed E-state index contributed by atoms with van der Waals surface area (Å²) in [6, 6.07) is 2.97. The summed E-state index contributed by atoms with van der Waals surface area (Å²) in [6.45, 7) is 2.55. The van der Waals surface area contributed by atoms with Gasteiger partial charge in [0.2, 0.25) is 0 Å². The zero-order valence-electron chi connectivity index (χ0n) is 10.2. The standard InChI is InChI=1S/C13H17N3S2/c14-5-13-15-11(9-18-13)7-16(12-1-2-12)6-10-3-4-17-8-10/h3-4,8-9,12H,1-2,5-7,14H2. The minimum Gasteiger partial charge on any atom is -0.325 e. The Morgan fingerprint density at radius 3 is 2.83 bits per heavy atom. The van der Waals surface area contributed by atoms with Gasteiger partial charge in [0, 0.05) is 31.1 Å². The van der Waals surface area contributed by atoms with Crippen LogP contribution in [0.15, 0.2) is 22.2 Å². The molecule has 0 aromatic carbocycles. The molecule has 2 aromatic heterocycles. The first-order valence-electron chi connectivity index (χ1n) is 6.23. The molecular weight excluding hydrogens is 262 g/mol. The number of nitrogens with zero attached hydrogens (tertiary/aromatic N) is 2. The molecule has 0 spiro atoms. The van der Waals surface area contributed by atoms with Crippen LogP contribution in [-0.2, 0) is 19.6 Å². The second-order valence-corrected chi connectivity index (χ2v) is 6.43. The van der Waals surface area contributed by atoms with Gasteiger partial charge in [-0.1, -0.05) is 0 Å². The SMILES string of the molecule is NCc1nc(CN(Cc2ccsc2)C2CC2)cs1. The van der Waals surface area contributed by atoms with Gasteiger partial charge in [-0.2, -0.15) is 11.3 Å². The lowest BCUT2D eigenvalue weighted by Gasteiger charge is -2.20. The molecule has 0 aliphatic heterocycles. The molecule has 0 radical (unpaired) electrons. The van der Waals surface area contributed by atoms with Crippen molar-refractivity contribution in [3.8, 4) is 0 Å². The molecule has 1 aliphatic rings. The maximum Gasteiger partial charge on any atom is 0.106 e. The maximum atomic E-state index is 5.61. The fraction of sp³-hybridized carbons (Fsp3) is 0.462. The third kappa shape index (κ3) is 2.98. The molecule has 0 bridgehead atoms. The first-order chi connectivity index (χ1) is 8.85. The van der Waals surface area contributed by atoms with E-state index in [9.17, 15) is 0 Å². The van der Waals surface area contributed by atoms with Crippen molar-refractivity contribution in [1.82, 2.24) is 9.88 Å². The molecule has 3 nitrogen and oxygen atoms in total. The van der Waals surface area contributed by atoms with Crippen LogP contribution in [0.2, 0.25) is 0 Å². The number of nitrogens with two attached hydrogens (primary N) is 1. The number of hydrogen-bond donors (Lipinski definition) is 1. The molecule has 0 saturated heterocycles. The Morgan fingerprint density at radius 1 is 1.33 bits per heavy atom. The summed E-state index contributed by atoms with van der Waals surface area (Å²) in [5, 5.41) is 7.57. The van der Waals surface area contributed by atoms with Crippen molar-refractivity contribution in [2.75, 3.05) is 0 Å². The summed E-state index contributed by atoms with van der Waals surface area (Å²) in [7, 11) is 0. The van der Waals surface area contributed by atoms with Gasteiger partial charge in [-0.3, -0.25) is 4.90 Å². The first-order valence-corrected chi connectivity index (χ1v) is 8.06. The van der Waals surface area contributed by atoms with Crippen LogP contribution in [0.3, 0.4) is 0 Å². The summed E-state index contributed by atoms with van der Waals surface area (Å²) in [6.07, 6.45) is 2.66. The molecule has 3 rings (SSSR count). The zero-order valence-corrected chi connectivity index (χ0v) is 11.8. The van der Waals surface area contributed by atoms with E-state index in [0.29, 0.717) is 6.54 Å². The molecule has 0 amide bonds. The average Bonchev–Trinajstić information content (AvgIpc) is 2.92. The van der Waals surface area contributed by atoms with E-state index in [1.54, 1.807) is 22.7 Å². The predicted octanol–water partition coefficient (Wildman–Crippen LogP) is 2.83. The molecule has 0 unspecified atom stereocenters. The second-order valence-electron chi connectivity index (χ2n) is 4.70. The molecule has 1 aliphatic carbocycles. The second kappa shape index (κ2) is 5.48. The number of rotatable bonds is 6. The van der Waals surface area contributed by atoms with Crippen molar-refractivity contribution in [2.45, 2.75) is 38.5 Å². The van der Waals surface area contributed by atoms with Gasteiger partial charge in [-0.15, -0.1) is 11.3 Å². The largest absolute Gasteiger partial charge is 0.325 e. The highest BCUT2D eigenvalue weighted by atomic mass is 32.1. The third-order valence-electron chi connectivity index (χ3n) is 3.17. The van der Waals surface area contributed by atoms with Crippen LogP contribution in [0.4, 0.5) is 0 Å². The molecule has 0 atom stereocenters. The van der Waals surface area contributed by atoms with Crippen molar-refractivity contribution in [3.63, 3.8) is 0 Å². The Labute approximate surface area is 115 Å². The summed E-state index contributed by atoms with van der Waals surface area (Å²) in [5.41, 5.74) is 8.20. The highest BCUT2D eigenvalue weighted by molar-refractivity contribution is 7.09. The van der Waals surface area contributed by atoms with Crippen molar-refractivity contribution in [3.05, 3.63) is 38.5 Å². The van der Waals surface area contributed by atoms with E-state index >= 15 is 0 Å². The predicted molar refractivity (Wildman–Crippen MR) is 76.6 cm³/mol. The van der Waals surface area contributed by atoms with Crippen LogP contribution in [-0.4, -0.2) is 15.9 Å². The monoisotopic (exact) mass is 279 g/mol. The summed E-state index contributed by atoms with van der Waals surface area (Å²) < 4.78 is 0. The quantitative estimate of drug-likeness (QED) is 0.884. The maximum absolute atomic E-state index is 5.61. The Hall–Kier alpha value is -0.750. The van der Waals surface area contributed by atoms with Gasteiger partial charge >= 0.3 is 0 Å². The fourth-order valence-electron chi connectivity index (χ4n) is 2.09. The van der Waals surface area contributed by atoms with Gasteiger partial charge in [0.05, 0.1) is 5.69 Å². The molecule has 2 aromatic rings. The lowest BCUT2D eigenvalue weighted by Crippen LogP contribution is -2.25. The summed E-state index contributed by atoms with van der Waals surface area (Å²) in [4.78, 5) is 7.10. The van der Waals surface area contributed by atoms with E-state index < -0.39 is 0 Å². The minimum absolute atomic E-state index is 0.554. The molecule has 1 saturated carbocycles. The number of thiophene rings is 1. The van der Waals surface area contributed by atoms with Crippen molar-refractivity contribution in [1.29, 1.82) is 0 Å². The lowest BCUT2D eigenvalue weighted by atomic mass is 10.3. The highest BCUT2D eigenvalue weighted by Gasteiger charge is 2.29. The van der Waals surface area contributed by atoms with Gasteiger partial charge in [0.25, 0.3) is 0 Å². The molecule has 96 valence electrons. The average molecular weight is 279 g/mol. The lowest BCUT2D eigenvalue weighted by molar-refractivity contribution is 0.243. The number of thiazole rings is 1. The van der Waals surface area contributed by atoms with E-state index in [0.717, 1.165) is 24.1 Å². The summed E-state index contributed by atoms with van der Waals surface area (Å²) >= 11 is 3.44. The highest BCUT2D eigenvalue weighted by Crippen LogP contribution is 2.30. The van der Waals surface area contributed by atoms with Crippen LogP contribution in [0, 0.1) is 0 Å². The Kier molecular flexibility index (Phi) is 3.75. The molecule has 2 heterocycles. The summed E-state index contributed by atoms with van der Waals surface area (Å²) in [5.74, 6) is 0. The van der Waals surface area contributed by atoms with Crippen molar-refractivity contribution >= 4 is 22.7 Å². The van der Waals surface area contributed by atoms with Crippen molar-refractivity contribution < 1.29 is 0 Å². The van der Waals surface area contributed by atoms with Crippen LogP contribution in [0.5, 0.6) is 0 Å². The van der Waals surface area contributed by atoms with E-state index in [1.165, 1.54) is 24.1 Å². The number of hydrogen-bond acceptors (Lipinski definition) is 5. The third-order valence-corrected chi connectivity index (χ3v) is 4.82. The molecular formula is C13H17N3S2. The topological polar surface area (TPSA) is 42.1 Å². The molecule has 5 heteroatoms. The van der Waals surface area contributed by atoms with E-state index in [-0.39, 0.29) is 0 Å². The van der Waals surface area contributed by atoms with Gasteiger partial charge in [-0.25, -0.2) is 4.98 Å². The van der Waals surface area contributed by atoms with E-state index in [4.69, 9.17) is 5.73 Å².